The van der Waals surface area contributed by atoms with Gasteiger partial charge in [0.05, 0.1) is 5.75 Å². The van der Waals surface area contributed by atoms with Gasteiger partial charge in [-0.05, 0) is 24.7 Å². The third kappa shape index (κ3) is 6.63. The average molecular weight is 282 g/mol. The van der Waals surface area contributed by atoms with Crippen molar-refractivity contribution in [3.8, 4) is 0 Å². The standard InChI is InChI=1S/C12H24ClNO2S/c1-11(9-13)10-17(15,16)14-8-4-7-12-5-2-3-6-12/h11-12,14H,2-10H2,1H3. The third-order valence-electron chi connectivity index (χ3n) is 3.35. The first-order valence-corrected chi connectivity index (χ1v) is 8.75. The molecule has 1 rings (SSSR count). The first-order chi connectivity index (χ1) is 8.03. The van der Waals surface area contributed by atoms with E-state index in [-0.39, 0.29) is 11.7 Å². The Bertz CT molecular complexity index is 300. The Morgan fingerprint density at radius 3 is 2.59 bits per heavy atom. The summed E-state index contributed by atoms with van der Waals surface area (Å²) in [5.41, 5.74) is 0. The number of halogens is 1. The summed E-state index contributed by atoms with van der Waals surface area (Å²) in [6.07, 6.45) is 7.48. The molecule has 5 heteroatoms. The van der Waals surface area contributed by atoms with Gasteiger partial charge in [0.1, 0.15) is 0 Å². The van der Waals surface area contributed by atoms with Gasteiger partial charge in [-0.3, -0.25) is 0 Å². The summed E-state index contributed by atoms with van der Waals surface area (Å²) in [4.78, 5) is 0. The smallest absolute Gasteiger partial charge is 0.211 e. The predicted octanol–water partition coefficient (Wildman–Crippen LogP) is 2.75. The minimum absolute atomic E-state index is 0.0176. The van der Waals surface area contributed by atoms with Gasteiger partial charge in [-0.15, -0.1) is 11.6 Å². The summed E-state index contributed by atoms with van der Waals surface area (Å²) >= 11 is 5.61. The zero-order valence-electron chi connectivity index (χ0n) is 10.6. The average Bonchev–Trinajstić information content (AvgIpc) is 2.76. The van der Waals surface area contributed by atoms with Gasteiger partial charge >= 0.3 is 0 Å². The van der Waals surface area contributed by atoms with Crippen LogP contribution in [0.3, 0.4) is 0 Å². The zero-order valence-corrected chi connectivity index (χ0v) is 12.2. The lowest BCUT2D eigenvalue weighted by Crippen LogP contribution is -2.30. The number of rotatable bonds is 8. The molecule has 0 saturated heterocycles. The third-order valence-corrected chi connectivity index (χ3v) is 5.53. The Labute approximate surface area is 110 Å². The van der Waals surface area contributed by atoms with Crippen LogP contribution in [0.5, 0.6) is 0 Å². The van der Waals surface area contributed by atoms with E-state index in [1.807, 2.05) is 6.92 Å². The van der Waals surface area contributed by atoms with Gasteiger partial charge in [0.2, 0.25) is 10.0 Å². The second-order valence-corrected chi connectivity index (χ2v) is 7.39. The van der Waals surface area contributed by atoms with Crippen molar-refractivity contribution < 1.29 is 8.42 Å². The fraction of sp³-hybridized carbons (Fsp3) is 1.00. The van der Waals surface area contributed by atoms with E-state index in [0.717, 1.165) is 18.8 Å². The van der Waals surface area contributed by atoms with Gasteiger partial charge in [-0.2, -0.15) is 0 Å². The van der Waals surface area contributed by atoms with E-state index in [2.05, 4.69) is 4.72 Å². The van der Waals surface area contributed by atoms with E-state index in [9.17, 15) is 8.42 Å². The van der Waals surface area contributed by atoms with Crippen molar-refractivity contribution in [2.24, 2.45) is 11.8 Å². The van der Waals surface area contributed by atoms with Gasteiger partial charge in [-0.25, -0.2) is 13.1 Å². The minimum Gasteiger partial charge on any atom is -0.215 e. The molecule has 0 spiro atoms. The van der Waals surface area contributed by atoms with E-state index in [4.69, 9.17) is 11.6 Å². The highest BCUT2D eigenvalue weighted by atomic mass is 35.5. The first-order valence-electron chi connectivity index (χ1n) is 6.57. The zero-order chi connectivity index (χ0) is 12.7. The van der Waals surface area contributed by atoms with Gasteiger partial charge in [-0.1, -0.05) is 32.6 Å². The molecule has 0 aromatic carbocycles. The van der Waals surface area contributed by atoms with E-state index in [1.54, 1.807) is 0 Å². The Morgan fingerprint density at radius 2 is 2.00 bits per heavy atom. The Morgan fingerprint density at radius 1 is 1.35 bits per heavy atom. The lowest BCUT2D eigenvalue weighted by Gasteiger charge is -2.11. The van der Waals surface area contributed by atoms with Crippen molar-refractivity contribution in [1.82, 2.24) is 4.72 Å². The highest BCUT2D eigenvalue weighted by Gasteiger charge is 2.16. The first kappa shape index (κ1) is 15.3. The number of hydrogen-bond donors (Lipinski definition) is 1. The summed E-state index contributed by atoms with van der Waals surface area (Å²) in [6, 6.07) is 0. The lowest BCUT2D eigenvalue weighted by molar-refractivity contribution is 0.480. The molecule has 1 atom stereocenters. The Hall–Kier alpha value is 0.200. The Balaban J connectivity index is 2.12. The van der Waals surface area contributed by atoms with Crippen LogP contribution in [0.4, 0.5) is 0 Å². The summed E-state index contributed by atoms with van der Waals surface area (Å²) in [6.45, 7) is 2.43. The summed E-state index contributed by atoms with van der Waals surface area (Å²) in [5, 5.41) is 0. The SMILES string of the molecule is CC(CCl)CS(=O)(=O)NCCCC1CCCC1. The van der Waals surface area contributed by atoms with E-state index in [0.29, 0.717) is 12.4 Å². The van der Waals surface area contributed by atoms with Gasteiger partial charge in [0, 0.05) is 12.4 Å². The molecule has 3 nitrogen and oxygen atoms in total. The molecule has 0 heterocycles. The van der Waals surface area contributed by atoms with Crippen molar-refractivity contribution in [3.63, 3.8) is 0 Å². The van der Waals surface area contributed by atoms with Crippen molar-refractivity contribution in [3.05, 3.63) is 0 Å². The molecule has 0 bridgehead atoms. The fourth-order valence-electron chi connectivity index (χ4n) is 2.40. The predicted molar refractivity (Wildman–Crippen MR) is 72.9 cm³/mol. The molecular formula is C12H24ClNO2S. The highest BCUT2D eigenvalue weighted by molar-refractivity contribution is 7.89. The van der Waals surface area contributed by atoms with Crippen LogP contribution in [-0.2, 0) is 10.0 Å². The normalized spacial score (nSPS) is 19.6. The molecule has 0 aromatic rings. The number of alkyl halides is 1. The van der Waals surface area contributed by atoms with Crippen LogP contribution in [0.1, 0.15) is 45.4 Å². The summed E-state index contributed by atoms with van der Waals surface area (Å²) < 4.78 is 25.9. The van der Waals surface area contributed by atoms with Gasteiger partial charge < -0.3 is 0 Å². The fourth-order valence-corrected chi connectivity index (χ4v) is 4.07. The van der Waals surface area contributed by atoms with Crippen molar-refractivity contribution in [2.75, 3.05) is 18.2 Å². The molecule has 1 unspecified atom stereocenters. The second-order valence-electron chi connectivity index (χ2n) is 5.23. The molecular weight excluding hydrogens is 258 g/mol. The molecule has 17 heavy (non-hydrogen) atoms. The quantitative estimate of drug-likeness (QED) is 0.549. The minimum atomic E-state index is -3.12. The summed E-state index contributed by atoms with van der Waals surface area (Å²) in [5.74, 6) is 1.38. The maximum atomic E-state index is 11.6. The number of nitrogens with one attached hydrogen (secondary N) is 1. The molecule has 1 saturated carbocycles. The highest BCUT2D eigenvalue weighted by Crippen LogP contribution is 2.28. The van der Waals surface area contributed by atoms with Crippen LogP contribution >= 0.6 is 11.6 Å². The molecule has 0 amide bonds. The summed E-state index contributed by atoms with van der Waals surface area (Å²) in [7, 11) is -3.12. The van der Waals surface area contributed by atoms with Crippen LogP contribution in [0.15, 0.2) is 0 Å². The molecule has 1 fully saturated rings. The molecule has 1 N–H and O–H groups in total. The van der Waals surface area contributed by atoms with Crippen LogP contribution in [0.25, 0.3) is 0 Å². The van der Waals surface area contributed by atoms with Crippen molar-refractivity contribution >= 4 is 21.6 Å². The topological polar surface area (TPSA) is 46.2 Å². The van der Waals surface area contributed by atoms with E-state index >= 15 is 0 Å². The van der Waals surface area contributed by atoms with E-state index < -0.39 is 10.0 Å². The number of sulfonamides is 1. The van der Waals surface area contributed by atoms with E-state index in [1.165, 1.54) is 25.7 Å². The van der Waals surface area contributed by atoms with Gasteiger partial charge in [0.25, 0.3) is 0 Å². The molecule has 0 aliphatic heterocycles. The van der Waals surface area contributed by atoms with Crippen molar-refractivity contribution in [2.45, 2.75) is 45.4 Å². The monoisotopic (exact) mass is 281 g/mol. The number of hydrogen-bond acceptors (Lipinski definition) is 2. The molecule has 0 aromatic heterocycles. The molecule has 1 aliphatic carbocycles. The molecule has 102 valence electrons. The van der Waals surface area contributed by atoms with Crippen LogP contribution in [-0.4, -0.2) is 26.6 Å². The molecule has 1 aliphatic rings. The van der Waals surface area contributed by atoms with Crippen LogP contribution in [0, 0.1) is 11.8 Å². The van der Waals surface area contributed by atoms with Crippen LogP contribution in [0.2, 0.25) is 0 Å². The molecule has 0 radical (unpaired) electrons. The maximum Gasteiger partial charge on any atom is 0.211 e. The largest absolute Gasteiger partial charge is 0.215 e. The lowest BCUT2D eigenvalue weighted by atomic mass is 10.0. The second kappa shape index (κ2) is 7.59. The van der Waals surface area contributed by atoms with Crippen molar-refractivity contribution in [1.29, 1.82) is 0 Å². The van der Waals surface area contributed by atoms with Gasteiger partial charge in [0.15, 0.2) is 0 Å². The Kier molecular flexibility index (Phi) is 6.82. The maximum absolute atomic E-state index is 11.6. The van der Waals surface area contributed by atoms with Crippen LogP contribution < -0.4 is 4.72 Å².